The van der Waals surface area contributed by atoms with E-state index >= 15 is 0 Å². The number of benzene rings is 6. The second-order valence-corrected chi connectivity index (χ2v) is 21.1. The van der Waals surface area contributed by atoms with E-state index in [1.165, 1.54) is 73.3 Å². The predicted octanol–water partition coefficient (Wildman–Crippen LogP) is 8.84. The molecule has 7 nitrogen and oxygen atoms in total. The summed E-state index contributed by atoms with van der Waals surface area (Å²) in [4.78, 5) is 27.2. The molecule has 4 aliphatic rings. The number of rotatable bonds is 4. The van der Waals surface area contributed by atoms with Gasteiger partial charge in [-0.3, -0.25) is 0 Å². The standard InChI is InChI=1S/C55H34B2N6OS3/c1-62-52(60-41-8-5-21-58-54(41)62)34-14-13-31-23-33-7-3-10-47-50(33)56(37(31)26-34)39-25-32(16-19-45(39)65-47)43-28-36(29-64-43)30-15-18-44-38(24-30)57-40-27-35(53-61-42-9-6-22-59-55(42)63(53)2)17-20-46(40)67-49-12-4-11-48(66-44)51(49)57/h3-22,24-29H,23H2,1-2H3. The summed E-state index contributed by atoms with van der Waals surface area (Å²) in [6.45, 7) is 0.167. The van der Waals surface area contributed by atoms with Crippen LogP contribution in [0.2, 0.25) is 0 Å². The minimum absolute atomic E-state index is 0.0794. The molecule has 11 aromatic rings. The highest BCUT2D eigenvalue weighted by Gasteiger charge is 2.40. The molecule has 15 rings (SSSR count). The van der Waals surface area contributed by atoms with Crippen LogP contribution in [0.3, 0.4) is 0 Å². The van der Waals surface area contributed by atoms with Crippen LogP contribution in [0.1, 0.15) is 11.1 Å². The Labute approximate surface area is 399 Å². The van der Waals surface area contributed by atoms with Crippen LogP contribution in [-0.2, 0) is 20.5 Å². The summed E-state index contributed by atoms with van der Waals surface area (Å²) >= 11 is 5.63. The first kappa shape index (κ1) is 38.2. The van der Waals surface area contributed by atoms with Crippen LogP contribution >= 0.6 is 35.3 Å². The molecule has 0 N–H and O–H groups in total. The molecule has 0 unspecified atom stereocenters. The van der Waals surface area contributed by atoms with Crippen LogP contribution < -0.4 is 32.8 Å². The molecule has 0 saturated heterocycles. The second-order valence-electron chi connectivity index (χ2n) is 17.9. The Morgan fingerprint density at radius 1 is 0.463 bits per heavy atom. The summed E-state index contributed by atoms with van der Waals surface area (Å²) in [6.07, 6.45) is 6.52. The smallest absolute Gasteiger partial charge is 0.247 e. The number of pyridine rings is 2. The molecule has 0 spiro atoms. The van der Waals surface area contributed by atoms with Crippen LogP contribution in [-0.4, -0.2) is 42.5 Å². The third kappa shape index (κ3) is 5.67. The maximum atomic E-state index is 6.55. The minimum Gasteiger partial charge on any atom is -0.464 e. The van der Waals surface area contributed by atoms with Crippen LogP contribution in [0, 0.1) is 0 Å². The highest BCUT2D eigenvalue weighted by molar-refractivity contribution is 8.01. The fraction of sp³-hybridized carbons (Fsp3) is 0.0545. The summed E-state index contributed by atoms with van der Waals surface area (Å²) in [6, 6.07) is 51.5. The Balaban J connectivity index is 0.815. The number of hydrogen-bond donors (Lipinski definition) is 0. The molecule has 4 aliphatic heterocycles. The number of imidazole rings is 2. The van der Waals surface area contributed by atoms with Crippen molar-refractivity contribution in [2.24, 2.45) is 14.1 Å². The number of fused-ring (bicyclic) bond motifs is 10. The fourth-order valence-electron chi connectivity index (χ4n) is 11.1. The zero-order valence-electron chi connectivity index (χ0n) is 36.2. The van der Waals surface area contributed by atoms with Crippen molar-refractivity contribution in [3.8, 4) is 45.2 Å². The lowest BCUT2D eigenvalue weighted by Gasteiger charge is -2.33. The van der Waals surface area contributed by atoms with Crippen LogP contribution in [0.4, 0.5) is 0 Å². The Bertz CT molecular complexity index is 3690. The van der Waals surface area contributed by atoms with Gasteiger partial charge in [0.05, 0.1) is 6.26 Å². The van der Waals surface area contributed by atoms with Gasteiger partial charge in [0.25, 0.3) is 0 Å². The van der Waals surface area contributed by atoms with E-state index in [4.69, 9.17) is 14.4 Å². The van der Waals surface area contributed by atoms with E-state index in [1.807, 2.05) is 78.2 Å². The highest BCUT2D eigenvalue weighted by atomic mass is 32.2. The lowest BCUT2D eigenvalue weighted by atomic mass is 9.33. The third-order valence-electron chi connectivity index (χ3n) is 14.2. The number of nitrogens with zero attached hydrogens (tertiary/aromatic N) is 6. The Kier molecular flexibility index (Phi) is 8.12. The maximum Gasteiger partial charge on any atom is 0.247 e. The van der Waals surface area contributed by atoms with Gasteiger partial charge in [0.1, 0.15) is 28.4 Å². The van der Waals surface area contributed by atoms with Gasteiger partial charge >= 0.3 is 0 Å². The number of furan rings is 1. The lowest BCUT2D eigenvalue weighted by Crippen LogP contribution is -2.59. The average molecular weight is 913 g/mol. The number of hydrogen-bond acceptors (Lipinski definition) is 8. The normalized spacial score (nSPS) is 13.8. The van der Waals surface area contributed by atoms with Crippen molar-refractivity contribution in [2.45, 2.75) is 35.8 Å². The largest absolute Gasteiger partial charge is 0.464 e. The van der Waals surface area contributed by atoms with Gasteiger partial charge in [-0.2, -0.15) is 0 Å². The molecule has 9 heterocycles. The molecule has 0 fully saturated rings. The van der Waals surface area contributed by atoms with E-state index in [0.29, 0.717) is 0 Å². The van der Waals surface area contributed by atoms with E-state index in [-0.39, 0.29) is 13.4 Å². The highest BCUT2D eigenvalue weighted by Crippen LogP contribution is 2.41. The molecule has 0 bridgehead atoms. The first-order chi connectivity index (χ1) is 33.0. The first-order valence-corrected chi connectivity index (χ1v) is 24.9. The van der Waals surface area contributed by atoms with Gasteiger partial charge in [-0.05, 0) is 95.3 Å². The van der Waals surface area contributed by atoms with Gasteiger partial charge in [0, 0.05) is 78.1 Å². The van der Waals surface area contributed by atoms with Gasteiger partial charge in [-0.1, -0.05) is 135 Å². The van der Waals surface area contributed by atoms with Crippen LogP contribution in [0.15, 0.2) is 192 Å². The summed E-state index contributed by atoms with van der Waals surface area (Å²) in [5.41, 5.74) is 19.9. The topological polar surface area (TPSA) is 74.6 Å². The number of aromatic nitrogens is 6. The second kappa shape index (κ2) is 14.3. The van der Waals surface area contributed by atoms with E-state index in [2.05, 4.69) is 148 Å². The summed E-state index contributed by atoms with van der Waals surface area (Å²) in [7, 11) is 4.12. The molecule has 5 aromatic heterocycles. The summed E-state index contributed by atoms with van der Waals surface area (Å²) < 4.78 is 10.8. The van der Waals surface area contributed by atoms with Crippen molar-refractivity contribution in [1.29, 1.82) is 0 Å². The van der Waals surface area contributed by atoms with Crippen molar-refractivity contribution in [3.05, 3.63) is 169 Å². The predicted molar refractivity (Wildman–Crippen MR) is 275 cm³/mol. The quantitative estimate of drug-likeness (QED) is 0.162. The average Bonchev–Trinajstić information content (AvgIpc) is 4.09. The van der Waals surface area contributed by atoms with Gasteiger partial charge in [-0.25, -0.2) is 19.9 Å². The van der Waals surface area contributed by atoms with Crippen molar-refractivity contribution in [2.75, 3.05) is 0 Å². The molecular formula is C55H34B2N6OS3. The molecule has 0 atom stereocenters. The Morgan fingerprint density at radius 2 is 0.985 bits per heavy atom. The van der Waals surface area contributed by atoms with E-state index in [0.717, 1.165) is 74.0 Å². The molecule has 67 heavy (non-hydrogen) atoms. The number of aryl methyl sites for hydroxylation is 2. The van der Waals surface area contributed by atoms with Crippen LogP contribution in [0.5, 0.6) is 0 Å². The third-order valence-corrected chi connectivity index (χ3v) is 17.7. The molecule has 0 aliphatic carbocycles. The first-order valence-electron chi connectivity index (χ1n) is 22.5. The van der Waals surface area contributed by atoms with Gasteiger partial charge < -0.3 is 13.6 Å². The zero-order valence-corrected chi connectivity index (χ0v) is 38.6. The SMILES string of the molecule is Cn1c(-c2ccc3c(c2)B2c4cc(-c5cc(-c6ccc7c(c6)B6c8cc(-c9nc%10cccnc%10n9C)ccc8Sc8cccc(c86)S7)co5)ccc4Sc4cccc(c42)C3)nc2cccnc21. The summed E-state index contributed by atoms with van der Waals surface area (Å²) in [5.74, 6) is 2.71. The van der Waals surface area contributed by atoms with E-state index < -0.39 is 0 Å². The Hall–Kier alpha value is -6.98. The van der Waals surface area contributed by atoms with Crippen molar-refractivity contribution in [3.63, 3.8) is 0 Å². The molecule has 6 aromatic carbocycles. The van der Waals surface area contributed by atoms with Gasteiger partial charge in [0.2, 0.25) is 13.4 Å². The van der Waals surface area contributed by atoms with Gasteiger partial charge in [0.15, 0.2) is 11.3 Å². The fourth-order valence-corrected chi connectivity index (χ4v) is 14.6. The summed E-state index contributed by atoms with van der Waals surface area (Å²) in [5, 5.41) is 0. The maximum absolute atomic E-state index is 6.55. The molecule has 0 radical (unpaired) electrons. The Morgan fingerprint density at radius 3 is 1.63 bits per heavy atom. The van der Waals surface area contributed by atoms with Crippen molar-refractivity contribution >= 4 is 104 Å². The van der Waals surface area contributed by atoms with E-state index in [1.54, 1.807) is 0 Å². The molecule has 0 saturated carbocycles. The molecule has 12 heteroatoms. The van der Waals surface area contributed by atoms with Gasteiger partial charge in [-0.15, -0.1) is 0 Å². The molecule has 314 valence electrons. The van der Waals surface area contributed by atoms with Crippen molar-refractivity contribution < 1.29 is 4.42 Å². The zero-order chi connectivity index (χ0) is 44.1. The van der Waals surface area contributed by atoms with Crippen molar-refractivity contribution in [1.82, 2.24) is 29.1 Å². The molecular weight excluding hydrogens is 878 g/mol. The van der Waals surface area contributed by atoms with E-state index in [9.17, 15) is 0 Å². The minimum atomic E-state index is 0.0794. The monoisotopic (exact) mass is 912 g/mol. The molecule has 0 amide bonds. The lowest BCUT2D eigenvalue weighted by molar-refractivity contribution is 0.583. The van der Waals surface area contributed by atoms with Crippen LogP contribution in [0.25, 0.3) is 67.6 Å².